The second-order valence-electron chi connectivity index (χ2n) is 6.19. The summed E-state index contributed by atoms with van der Waals surface area (Å²) in [5, 5.41) is 8.89. The average Bonchev–Trinajstić information content (AvgIpc) is 3.36. The fraction of sp³-hybridized carbons (Fsp3) is 0.263. The first-order valence-corrected chi connectivity index (χ1v) is 8.71. The zero-order chi connectivity index (χ0) is 17.9. The number of aryl methyl sites for hydroxylation is 4. The Bertz CT molecular complexity index is 994. The van der Waals surface area contributed by atoms with Crippen molar-refractivity contribution in [3.05, 3.63) is 66.6 Å². The lowest BCUT2D eigenvalue weighted by Gasteiger charge is -2.10. The number of imidazole rings is 1. The van der Waals surface area contributed by atoms with E-state index >= 15 is 0 Å². The molecule has 7 nitrogen and oxygen atoms in total. The van der Waals surface area contributed by atoms with E-state index in [0.717, 1.165) is 48.4 Å². The van der Waals surface area contributed by atoms with Crippen LogP contribution in [-0.2, 0) is 13.1 Å². The average molecular weight is 347 g/mol. The lowest BCUT2D eigenvalue weighted by atomic mass is 10.3. The van der Waals surface area contributed by atoms with Crippen molar-refractivity contribution in [3.8, 4) is 17.2 Å². The van der Waals surface area contributed by atoms with Crippen molar-refractivity contribution in [1.29, 1.82) is 0 Å². The molecule has 0 aliphatic rings. The molecule has 0 aliphatic carbocycles. The third kappa shape index (κ3) is 3.15. The standard InChI is InChI=1S/C19H21N7/c1-15-22-16(2)25(23-15)13-6-12-24-14-11-20-19(24)18-9-10-21-26(18)17-7-4-3-5-8-17/h3-5,7-11,14H,6,12-13H2,1-2H3. The highest BCUT2D eigenvalue weighted by atomic mass is 15.3. The van der Waals surface area contributed by atoms with Crippen LogP contribution in [0.2, 0.25) is 0 Å². The Labute approximate surface area is 152 Å². The molecule has 0 saturated heterocycles. The first-order valence-electron chi connectivity index (χ1n) is 8.71. The van der Waals surface area contributed by atoms with Gasteiger partial charge in [-0.15, -0.1) is 0 Å². The minimum Gasteiger partial charge on any atom is -0.330 e. The molecule has 26 heavy (non-hydrogen) atoms. The molecule has 3 aromatic heterocycles. The maximum absolute atomic E-state index is 4.56. The Kier molecular flexibility index (Phi) is 4.35. The van der Waals surface area contributed by atoms with Gasteiger partial charge in [-0.3, -0.25) is 4.68 Å². The lowest BCUT2D eigenvalue weighted by molar-refractivity contribution is 0.516. The minimum absolute atomic E-state index is 0.817. The van der Waals surface area contributed by atoms with Crippen LogP contribution in [0, 0.1) is 13.8 Å². The normalized spacial score (nSPS) is 11.2. The third-order valence-corrected chi connectivity index (χ3v) is 4.32. The summed E-state index contributed by atoms with van der Waals surface area (Å²) >= 11 is 0. The van der Waals surface area contributed by atoms with Gasteiger partial charge >= 0.3 is 0 Å². The molecule has 0 atom stereocenters. The first-order chi connectivity index (χ1) is 12.7. The number of hydrogen-bond acceptors (Lipinski definition) is 4. The summed E-state index contributed by atoms with van der Waals surface area (Å²) in [6, 6.07) is 12.1. The maximum Gasteiger partial charge on any atom is 0.158 e. The third-order valence-electron chi connectivity index (χ3n) is 4.32. The molecule has 132 valence electrons. The fourth-order valence-corrected chi connectivity index (χ4v) is 3.13. The molecule has 7 heteroatoms. The van der Waals surface area contributed by atoms with Gasteiger partial charge in [-0.05, 0) is 38.5 Å². The summed E-state index contributed by atoms with van der Waals surface area (Å²) in [5.74, 6) is 2.69. The van der Waals surface area contributed by atoms with E-state index in [2.05, 4.69) is 24.7 Å². The molecule has 0 fully saturated rings. The van der Waals surface area contributed by atoms with E-state index in [1.807, 2.05) is 78.2 Å². The molecule has 0 unspecified atom stereocenters. The van der Waals surface area contributed by atoms with Crippen molar-refractivity contribution < 1.29 is 0 Å². The van der Waals surface area contributed by atoms with Gasteiger partial charge in [0, 0.05) is 25.5 Å². The molecule has 0 amide bonds. The summed E-state index contributed by atoms with van der Waals surface area (Å²) in [5.41, 5.74) is 2.00. The smallest absolute Gasteiger partial charge is 0.158 e. The van der Waals surface area contributed by atoms with Crippen LogP contribution in [-0.4, -0.2) is 34.1 Å². The first kappa shape index (κ1) is 16.3. The van der Waals surface area contributed by atoms with Gasteiger partial charge in [-0.1, -0.05) is 18.2 Å². The topological polar surface area (TPSA) is 66.3 Å². The SMILES string of the molecule is Cc1nc(C)n(CCCn2ccnc2-c2ccnn2-c2ccccc2)n1. The molecule has 0 radical (unpaired) electrons. The van der Waals surface area contributed by atoms with Gasteiger partial charge in [0.2, 0.25) is 0 Å². The quantitative estimate of drug-likeness (QED) is 0.538. The Morgan fingerprint density at radius 3 is 2.58 bits per heavy atom. The van der Waals surface area contributed by atoms with Crippen molar-refractivity contribution in [2.75, 3.05) is 0 Å². The van der Waals surface area contributed by atoms with Gasteiger partial charge in [0.05, 0.1) is 11.9 Å². The molecular formula is C19H21N7. The van der Waals surface area contributed by atoms with E-state index < -0.39 is 0 Å². The number of rotatable bonds is 6. The van der Waals surface area contributed by atoms with Crippen LogP contribution in [0.4, 0.5) is 0 Å². The van der Waals surface area contributed by atoms with E-state index in [4.69, 9.17) is 0 Å². The Morgan fingerprint density at radius 2 is 1.81 bits per heavy atom. The molecule has 3 heterocycles. The molecule has 0 spiro atoms. The van der Waals surface area contributed by atoms with Gasteiger partial charge in [0.25, 0.3) is 0 Å². The summed E-state index contributed by atoms with van der Waals surface area (Å²) < 4.78 is 6.04. The van der Waals surface area contributed by atoms with Crippen molar-refractivity contribution in [1.82, 2.24) is 34.1 Å². The van der Waals surface area contributed by atoms with E-state index in [1.54, 1.807) is 0 Å². The predicted octanol–water partition coefficient (Wildman–Crippen LogP) is 3.03. The van der Waals surface area contributed by atoms with E-state index in [9.17, 15) is 0 Å². The minimum atomic E-state index is 0.817. The molecule has 4 aromatic rings. The van der Waals surface area contributed by atoms with Crippen LogP contribution in [0.1, 0.15) is 18.1 Å². The number of benzene rings is 1. The largest absolute Gasteiger partial charge is 0.330 e. The molecule has 4 rings (SSSR count). The maximum atomic E-state index is 4.56. The van der Waals surface area contributed by atoms with E-state index in [-0.39, 0.29) is 0 Å². The number of para-hydroxylation sites is 1. The Morgan fingerprint density at radius 1 is 0.962 bits per heavy atom. The van der Waals surface area contributed by atoms with Crippen molar-refractivity contribution >= 4 is 0 Å². The summed E-state index contributed by atoms with van der Waals surface area (Å²) in [6.45, 7) is 5.60. The monoisotopic (exact) mass is 347 g/mol. The number of aromatic nitrogens is 7. The van der Waals surface area contributed by atoms with Gasteiger partial charge < -0.3 is 4.57 Å². The van der Waals surface area contributed by atoms with Crippen LogP contribution in [0.25, 0.3) is 17.2 Å². The van der Waals surface area contributed by atoms with Crippen LogP contribution in [0.5, 0.6) is 0 Å². The van der Waals surface area contributed by atoms with Crippen molar-refractivity contribution in [2.24, 2.45) is 0 Å². The molecular weight excluding hydrogens is 326 g/mol. The second kappa shape index (κ2) is 6.95. The zero-order valence-corrected chi connectivity index (χ0v) is 14.9. The van der Waals surface area contributed by atoms with Crippen LogP contribution >= 0.6 is 0 Å². The van der Waals surface area contributed by atoms with Crippen molar-refractivity contribution in [3.63, 3.8) is 0 Å². The van der Waals surface area contributed by atoms with E-state index in [0.29, 0.717) is 0 Å². The second-order valence-corrected chi connectivity index (χ2v) is 6.19. The molecule has 0 N–H and O–H groups in total. The lowest BCUT2D eigenvalue weighted by Crippen LogP contribution is -2.09. The van der Waals surface area contributed by atoms with Crippen LogP contribution in [0.3, 0.4) is 0 Å². The summed E-state index contributed by atoms with van der Waals surface area (Å²) in [4.78, 5) is 8.91. The van der Waals surface area contributed by atoms with Gasteiger partial charge in [-0.2, -0.15) is 10.2 Å². The summed E-state index contributed by atoms with van der Waals surface area (Å²) in [7, 11) is 0. The molecule has 0 saturated carbocycles. The Balaban J connectivity index is 1.53. The highest BCUT2D eigenvalue weighted by Gasteiger charge is 2.13. The zero-order valence-electron chi connectivity index (χ0n) is 14.9. The predicted molar refractivity (Wildman–Crippen MR) is 98.9 cm³/mol. The molecule has 1 aromatic carbocycles. The van der Waals surface area contributed by atoms with Crippen LogP contribution < -0.4 is 0 Å². The molecule has 0 aliphatic heterocycles. The highest BCUT2D eigenvalue weighted by Crippen LogP contribution is 2.21. The van der Waals surface area contributed by atoms with Gasteiger partial charge in [-0.25, -0.2) is 14.6 Å². The Hall–Kier alpha value is -3.22. The van der Waals surface area contributed by atoms with Gasteiger partial charge in [0.1, 0.15) is 17.3 Å². The van der Waals surface area contributed by atoms with E-state index in [1.165, 1.54) is 0 Å². The summed E-state index contributed by atoms with van der Waals surface area (Å²) in [6.07, 6.45) is 6.61. The number of nitrogens with zero attached hydrogens (tertiary/aromatic N) is 7. The van der Waals surface area contributed by atoms with Crippen molar-refractivity contribution in [2.45, 2.75) is 33.4 Å². The number of hydrogen-bond donors (Lipinski definition) is 0. The van der Waals surface area contributed by atoms with Gasteiger partial charge in [0.15, 0.2) is 5.82 Å². The van der Waals surface area contributed by atoms with Crippen LogP contribution in [0.15, 0.2) is 55.0 Å². The fourth-order valence-electron chi connectivity index (χ4n) is 3.13. The highest BCUT2D eigenvalue weighted by molar-refractivity contribution is 5.54. The molecule has 0 bridgehead atoms.